The molecule has 1 aliphatic heterocycles. The van der Waals surface area contributed by atoms with Gasteiger partial charge in [-0.05, 0) is 83.6 Å². The third-order valence-electron chi connectivity index (χ3n) is 5.87. The predicted octanol–water partition coefficient (Wildman–Crippen LogP) is 3.80. The first kappa shape index (κ1) is 17.1. The van der Waals surface area contributed by atoms with E-state index in [0.29, 0.717) is 5.92 Å². The Kier molecular flexibility index (Phi) is 5.19. The number of ether oxygens (including phenoxy) is 1. The molecule has 0 spiro atoms. The van der Waals surface area contributed by atoms with Crippen LogP contribution in [0.5, 0.6) is 0 Å². The summed E-state index contributed by atoms with van der Waals surface area (Å²) in [6.07, 6.45) is 9.19. The summed E-state index contributed by atoms with van der Waals surface area (Å²) in [5, 5.41) is 3.81. The van der Waals surface area contributed by atoms with Gasteiger partial charge in [-0.15, -0.1) is 0 Å². The van der Waals surface area contributed by atoms with E-state index < -0.39 is 5.60 Å². The molecule has 1 saturated heterocycles. The lowest BCUT2D eigenvalue weighted by Gasteiger charge is -2.34. The summed E-state index contributed by atoms with van der Waals surface area (Å²) >= 11 is 0. The van der Waals surface area contributed by atoms with Gasteiger partial charge in [0.05, 0.1) is 0 Å². The fourth-order valence-corrected chi connectivity index (χ4v) is 4.76. The minimum absolute atomic E-state index is 0.136. The van der Waals surface area contributed by atoms with Crippen molar-refractivity contribution in [2.24, 2.45) is 17.8 Å². The smallest absolute Gasteiger partial charge is 0.410 e. The molecule has 132 valence electrons. The molecule has 4 heteroatoms. The van der Waals surface area contributed by atoms with Gasteiger partial charge in [-0.25, -0.2) is 4.79 Å². The van der Waals surface area contributed by atoms with Gasteiger partial charge in [0, 0.05) is 19.1 Å². The van der Waals surface area contributed by atoms with E-state index in [2.05, 4.69) is 5.32 Å². The molecule has 3 fully saturated rings. The molecule has 4 unspecified atom stereocenters. The van der Waals surface area contributed by atoms with E-state index in [1.807, 2.05) is 25.7 Å². The minimum Gasteiger partial charge on any atom is -0.444 e. The molecule has 0 aromatic carbocycles. The van der Waals surface area contributed by atoms with Gasteiger partial charge in [0.1, 0.15) is 5.60 Å². The van der Waals surface area contributed by atoms with Crippen molar-refractivity contribution in [1.29, 1.82) is 0 Å². The maximum atomic E-state index is 12.2. The first-order chi connectivity index (χ1) is 10.9. The topological polar surface area (TPSA) is 41.6 Å². The highest BCUT2D eigenvalue weighted by Gasteiger charge is 2.39. The van der Waals surface area contributed by atoms with Crippen LogP contribution in [0.4, 0.5) is 4.79 Å². The number of rotatable bonds is 4. The number of fused-ring (bicyclic) bond motifs is 2. The molecule has 2 bridgehead atoms. The second kappa shape index (κ2) is 7.00. The van der Waals surface area contributed by atoms with Crippen molar-refractivity contribution >= 4 is 6.09 Å². The molecule has 2 saturated carbocycles. The molecule has 1 N–H and O–H groups in total. The van der Waals surface area contributed by atoms with Crippen LogP contribution in [0.2, 0.25) is 0 Å². The van der Waals surface area contributed by atoms with Crippen LogP contribution in [0.3, 0.4) is 0 Å². The molecule has 2 aliphatic carbocycles. The SMILES string of the molecule is CC(C)(C)OC(=O)N1CCCC(CCNC2CC3CCC2C3)C1. The lowest BCUT2D eigenvalue weighted by Crippen LogP contribution is -2.43. The van der Waals surface area contributed by atoms with Crippen molar-refractivity contribution in [2.45, 2.75) is 77.4 Å². The highest BCUT2D eigenvalue weighted by atomic mass is 16.6. The molecule has 4 atom stereocenters. The van der Waals surface area contributed by atoms with E-state index >= 15 is 0 Å². The van der Waals surface area contributed by atoms with Crippen LogP contribution in [-0.4, -0.2) is 42.3 Å². The van der Waals surface area contributed by atoms with Gasteiger partial charge >= 0.3 is 6.09 Å². The largest absolute Gasteiger partial charge is 0.444 e. The Balaban J connectivity index is 1.38. The monoisotopic (exact) mass is 322 g/mol. The van der Waals surface area contributed by atoms with Crippen molar-refractivity contribution in [3.8, 4) is 0 Å². The quantitative estimate of drug-likeness (QED) is 0.856. The molecule has 4 nitrogen and oxygen atoms in total. The Hall–Kier alpha value is -0.770. The highest BCUT2D eigenvalue weighted by Crippen LogP contribution is 2.44. The van der Waals surface area contributed by atoms with E-state index in [-0.39, 0.29) is 6.09 Å². The average Bonchev–Trinajstić information content (AvgIpc) is 3.08. The summed E-state index contributed by atoms with van der Waals surface area (Å²) in [7, 11) is 0. The Labute approximate surface area is 141 Å². The molecule has 3 aliphatic rings. The minimum atomic E-state index is -0.395. The number of carbonyl (C=O) groups excluding carboxylic acids is 1. The molecular weight excluding hydrogens is 288 g/mol. The average molecular weight is 322 g/mol. The molecular formula is C19H34N2O2. The lowest BCUT2D eigenvalue weighted by molar-refractivity contribution is 0.0161. The predicted molar refractivity (Wildman–Crippen MR) is 92.4 cm³/mol. The number of hydrogen-bond donors (Lipinski definition) is 1. The normalized spacial score (nSPS) is 34.0. The number of likely N-dealkylation sites (tertiary alicyclic amines) is 1. The van der Waals surface area contributed by atoms with Crippen LogP contribution in [0.15, 0.2) is 0 Å². The number of piperidine rings is 1. The maximum absolute atomic E-state index is 12.2. The van der Waals surface area contributed by atoms with E-state index in [4.69, 9.17) is 4.74 Å². The second-order valence-electron chi connectivity index (χ2n) is 8.96. The van der Waals surface area contributed by atoms with Gasteiger partial charge < -0.3 is 15.0 Å². The number of nitrogens with one attached hydrogen (secondary N) is 1. The number of hydrogen-bond acceptors (Lipinski definition) is 3. The highest BCUT2D eigenvalue weighted by molar-refractivity contribution is 5.68. The summed E-state index contributed by atoms with van der Waals surface area (Å²) in [5.74, 6) is 2.59. The van der Waals surface area contributed by atoms with Crippen molar-refractivity contribution in [3.63, 3.8) is 0 Å². The zero-order chi connectivity index (χ0) is 16.4. The zero-order valence-corrected chi connectivity index (χ0v) is 15.1. The van der Waals surface area contributed by atoms with Crippen molar-refractivity contribution in [2.75, 3.05) is 19.6 Å². The van der Waals surface area contributed by atoms with E-state index in [0.717, 1.165) is 43.9 Å². The number of nitrogens with zero attached hydrogens (tertiary/aromatic N) is 1. The maximum Gasteiger partial charge on any atom is 0.410 e. The number of amides is 1. The first-order valence-electron chi connectivity index (χ1n) is 9.62. The van der Waals surface area contributed by atoms with Gasteiger partial charge in [-0.1, -0.05) is 6.42 Å². The molecule has 0 aromatic rings. The van der Waals surface area contributed by atoms with Crippen LogP contribution < -0.4 is 5.32 Å². The number of carbonyl (C=O) groups is 1. The first-order valence-corrected chi connectivity index (χ1v) is 9.62. The molecule has 1 amide bonds. The van der Waals surface area contributed by atoms with E-state index in [1.54, 1.807) is 0 Å². The molecule has 1 heterocycles. The van der Waals surface area contributed by atoms with Crippen LogP contribution in [0.1, 0.15) is 65.7 Å². The third kappa shape index (κ3) is 4.62. The second-order valence-corrected chi connectivity index (χ2v) is 8.96. The van der Waals surface area contributed by atoms with Gasteiger partial charge in [0.15, 0.2) is 0 Å². The van der Waals surface area contributed by atoms with Crippen molar-refractivity contribution < 1.29 is 9.53 Å². The van der Waals surface area contributed by atoms with Crippen LogP contribution in [0, 0.1) is 17.8 Å². The van der Waals surface area contributed by atoms with Crippen LogP contribution in [-0.2, 0) is 4.74 Å². The fourth-order valence-electron chi connectivity index (χ4n) is 4.76. The Morgan fingerprint density at radius 1 is 1.22 bits per heavy atom. The van der Waals surface area contributed by atoms with Crippen LogP contribution >= 0.6 is 0 Å². The van der Waals surface area contributed by atoms with Gasteiger partial charge in [0.2, 0.25) is 0 Å². The fraction of sp³-hybridized carbons (Fsp3) is 0.947. The van der Waals surface area contributed by atoms with E-state index in [9.17, 15) is 4.79 Å². The standard InChI is InChI=1S/C19H34N2O2/c1-19(2,3)23-18(22)21-10-4-5-14(13-21)8-9-20-17-12-15-6-7-16(17)11-15/h14-17,20H,4-13H2,1-3H3. The molecule has 0 aromatic heterocycles. The van der Waals surface area contributed by atoms with Gasteiger partial charge in [-0.3, -0.25) is 0 Å². The zero-order valence-electron chi connectivity index (χ0n) is 15.1. The Morgan fingerprint density at radius 3 is 2.70 bits per heavy atom. The summed E-state index contributed by atoms with van der Waals surface area (Å²) in [4.78, 5) is 14.1. The summed E-state index contributed by atoms with van der Waals surface area (Å²) < 4.78 is 5.52. The summed E-state index contributed by atoms with van der Waals surface area (Å²) in [5.41, 5.74) is -0.395. The lowest BCUT2D eigenvalue weighted by atomic mass is 9.93. The van der Waals surface area contributed by atoms with Crippen molar-refractivity contribution in [3.05, 3.63) is 0 Å². The van der Waals surface area contributed by atoms with Gasteiger partial charge in [-0.2, -0.15) is 0 Å². The third-order valence-corrected chi connectivity index (χ3v) is 5.87. The Morgan fingerprint density at radius 2 is 2.04 bits per heavy atom. The van der Waals surface area contributed by atoms with E-state index in [1.165, 1.54) is 38.5 Å². The molecule has 3 rings (SSSR count). The van der Waals surface area contributed by atoms with Crippen LogP contribution in [0.25, 0.3) is 0 Å². The molecule has 0 radical (unpaired) electrons. The summed E-state index contributed by atoms with van der Waals surface area (Å²) in [6, 6.07) is 0.777. The Bertz CT molecular complexity index is 418. The molecule has 23 heavy (non-hydrogen) atoms. The van der Waals surface area contributed by atoms with Crippen molar-refractivity contribution in [1.82, 2.24) is 10.2 Å². The summed E-state index contributed by atoms with van der Waals surface area (Å²) in [6.45, 7) is 8.64. The van der Waals surface area contributed by atoms with Gasteiger partial charge in [0.25, 0.3) is 0 Å².